The minimum Gasteiger partial charge on any atom is -0.338 e. The Bertz CT molecular complexity index is 2050. The lowest BCUT2D eigenvalue weighted by atomic mass is 9.70. The van der Waals surface area contributed by atoms with Crippen molar-refractivity contribution in [3.63, 3.8) is 0 Å². The van der Waals surface area contributed by atoms with Gasteiger partial charge in [-0.1, -0.05) is 35.9 Å². The number of sulfonamides is 1. The Morgan fingerprint density at radius 2 is 1.68 bits per heavy atom. The molecule has 3 aromatic carbocycles. The number of nitrogens with one attached hydrogen (secondary N) is 1. The van der Waals surface area contributed by atoms with Gasteiger partial charge in [-0.25, -0.2) is 26.9 Å². The fraction of sp³-hybridized carbons (Fsp3) is 0.474. The number of rotatable bonds is 9. The third kappa shape index (κ3) is 6.24. The predicted molar refractivity (Wildman–Crippen MR) is 189 cm³/mol. The number of fused-ring (bicyclic) bond motifs is 3. The van der Waals surface area contributed by atoms with Gasteiger partial charge >= 0.3 is 0 Å². The van der Waals surface area contributed by atoms with E-state index in [1.807, 2.05) is 12.1 Å². The number of likely N-dealkylation sites (tertiary alicyclic amines) is 1. The van der Waals surface area contributed by atoms with E-state index in [9.17, 15) is 17.6 Å². The van der Waals surface area contributed by atoms with Gasteiger partial charge in [-0.2, -0.15) is 0 Å². The van der Waals surface area contributed by atoms with Crippen molar-refractivity contribution in [1.82, 2.24) is 24.1 Å². The van der Waals surface area contributed by atoms with Gasteiger partial charge in [-0.15, -0.1) is 0 Å². The van der Waals surface area contributed by atoms with Crippen molar-refractivity contribution in [1.29, 1.82) is 0 Å². The van der Waals surface area contributed by atoms with Gasteiger partial charge in [0.05, 0.1) is 21.6 Å². The molecule has 1 amide bonds. The summed E-state index contributed by atoms with van der Waals surface area (Å²) >= 11 is 6.16. The quantitative estimate of drug-likeness (QED) is 0.199. The Labute approximate surface area is 296 Å². The molecule has 8 nitrogen and oxygen atoms in total. The lowest BCUT2D eigenvalue weighted by Gasteiger charge is -2.45. The SMILES string of the molecule is Cc1nc2ccccc2n1C1CC2CCC(C1)N2CCC1(c2cccc(F)c2)CCN(C(=O)c2cc(S(=O)(=O)NC3CC3)c(Cl)cc2F)CC1. The second-order valence-corrected chi connectivity index (χ2v) is 16.8. The van der Waals surface area contributed by atoms with Crippen LogP contribution in [-0.4, -0.2) is 71.4 Å². The summed E-state index contributed by atoms with van der Waals surface area (Å²) in [6.07, 6.45) is 7.87. The number of hydrogen-bond acceptors (Lipinski definition) is 5. The largest absolute Gasteiger partial charge is 0.338 e. The smallest absolute Gasteiger partial charge is 0.256 e. The molecule has 0 spiro atoms. The Kier molecular flexibility index (Phi) is 8.77. The van der Waals surface area contributed by atoms with Crippen LogP contribution in [-0.2, 0) is 15.4 Å². The highest BCUT2D eigenvalue weighted by Crippen LogP contribution is 2.45. The van der Waals surface area contributed by atoms with E-state index in [-0.39, 0.29) is 32.8 Å². The van der Waals surface area contributed by atoms with Crippen LogP contribution in [0.2, 0.25) is 5.02 Å². The number of benzene rings is 3. The Morgan fingerprint density at radius 3 is 2.38 bits per heavy atom. The summed E-state index contributed by atoms with van der Waals surface area (Å²) in [7, 11) is -4.00. The Balaban J connectivity index is 0.992. The van der Waals surface area contributed by atoms with E-state index in [0.29, 0.717) is 44.1 Å². The summed E-state index contributed by atoms with van der Waals surface area (Å²) in [4.78, 5) is 22.5. The van der Waals surface area contributed by atoms with Crippen LogP contribution in [0.25, 0.3) is 11.0 Å². The second kappa shape index (κ2) is 13.0. The maximum Gasteiger partial charge on any atom is 0.256 e. The fourth-order valence-corrected chi connectivity index (χ4v) is 10.8. The molecular weight excluding hydrogens is 680 g/mol. The molecule has 4 aliphatic rings. The molecule has 8 rings (SSSR count). The van der Waals surface area contributed by atoms with Crippen LogP contribution in [0, 0.1) is 18.6 Å². The first-order chi connectivity index (χ1) is 24.0. The number of halogens is 3. The molecule has 3 aliphatic heterocycles. The van der Waals surface area contributed by atoms with Crippen LogP contribution < -0.4 is 4.72 Å². The number of piperidine rings is 2. The highest BCUT2D eigenvalue weighted by atomic mass is 35.5. The van der Waals surface area contributed by atoms with Crippen molar-refractivity contribution in [3.05, 3.63) is 94.3 Å². The molecule has 2 atom stereocenters. The topological polar surface area (TPSA) is 87.5 Å². The maximum atomic E-state index is 15.2. The van der Waals surface area contributed by atoms with Crippen LogP contribution in [0.4, 0.5) is 8.78 Å². The van der Waals surface area contributed by atoms with E-state index in [2.05, 4.69) is 39.3 Å². The Morgan fingerprint density at radius 1 is 0.960 bits per heavy atom. The summed E-state index contributed by atoms with van der Waals surface area (Å²) in [6, 6.07) is 18.3. The fourth-order valence-electron chi connectivity index (χ4n) is 8.98. The molecule has 12 heteroatoms. The van der Waals surface area contributed by atoms with E-state index < -0.39 is 21.7 Å². The van der Waals surface area contributed by atoms with Gasteiger partial charge < -0.3 is 9.47 Å². The lowest BCUT2D eigenvalue weighted by molar-refractivity contribution is 0.0602. The van der Waals surface area contributed by atoms with Gasteiger partial charge in [0.1, 0.15) is 22.4 Å². The minimum atomic E-state index is -4.00. The third-order valence-electron chi connectivity index (χ3n) is 11.7. The zero-order valence-corrected chi connectivity index (χ0v) is 29.7. The number of amides is 1. The highest BCUT2D eigenvalue weighted by molar-refractivity contribution is 7.89. The van der Waals surface area contributed by atoms with Crippen molar-refractivity contribution < 1.29 is 22.0 Å². The van der Waals surface area contributed by atoms with E-state index in [0.717, 1.165) is 80.5 Å². The average Bonchev–Trinajstić information content (AvgIpc) is 3.78. The Hall–Kier alpha value is -3.38. The van der Waals surface area contributed by atoms with Gasteiger partial charge in [-0.3, -0.25) is 9.69 Å². The first-order valence-corrected chi connectivity index (χ1v) is 19.6. The molecule has 2 bridgehead atoms. The van der Waals surface area contributed by atoms with E-state index in [4.69, 9.17) is 16.6 Å². The number of aryl methyl sites for hydroxylation is 1. The van der Waals surface area contributed by atoms with Crippen molar-refractivity contribution in [2.75, 3.05) is 19.6 Å². The summed E-state index contributed by atoms with van der Waals surface area (Å²) in [6.45, 7) is 3.64. The van der Waals surface area contributed by atoms with E-state index >= 15 is 4.39 Å². The first kappa shape index (κ1) is 33.7. The summed E-state index contributed by atoms with van der Waals surface area (Å²) in [5.41, 5.74) is 2.47. The molecule has 4 fully saturated rings. The standard InChI is InChI=1S/C38H42ClF2N5O3S/c1-24-42-34-7-2-3-8-35(34)46(24)30-20-28-11-12-29(21-30)45(28)18-15-38(25-5-4-6-26(40)19-25)13-16-44(17-14-38)37(47)31-22-36(32(39)23-33(31)41)50(48,49)43-27-9-10-27/h2-8,19,22-23,27-30,43H,9-18,20-21H2,1H3. The number of para-hydroxylation sites is 2. The van der Waals surface area contributed by atoms with Crippen LogP contribution in [0.15, 0.2) is 65.6 Å². The van der Waals surface area contributed by atoms with E-state index in [1.165, 1.54) is 11.6 Å². The summed E-state index contributed by atoms with van der Waals surface area (Å²) in [5, 5.41) is -0.262. The molecule has 1 N–H and O–H groups in total. The van der Waals surface area contributed by atoms with Crippen LogP contribution >= 0.6 is 11.6 Å². The summed E-state index contributed by atoms with van der Waals surface area (Å²) in [5.74, 6) is -0.662. The molecule has 50 heavy (non-hydrogen) atoms. The number of nitrogens with zero attached hydrogens (tertiary/aromatic N) is 4. The monoisotopic (exact) mass is 721 g/mol. The van der Waals surface area contributed by atoms with Gasteiger partial charge in [0.2, 0.25) is 10.0 Å². The molecule has 1 saturated carbocycles. The number of carbonyl (C=O) groups excluding carboxylic acids is 1. The zero-order valence-electron chi connectivity index (χ0n) is 28.1. The van der Waals surface area contributed by atoms with Gasteiger partial charge in [0.25, 0.3) is 5.91 Å². The molecule has 264 valence electrons. The number of imidazole rings is 1. The number of carbonyl (C=O) groups is 1. The number of aromatic nitrogens is 2. The molecule has 1 aliphatic carbocycles. The molecular formula is C38H42ClF2N5O3S. The van der Waals surface area contributed by atoms with Crippen LogP contribution in [0.5, 0.6) is 0 Å². The van der Waals surface area contributed by atoms with Crippen LogP contribution in [0.1, 0.15) is 85.6 Å². The second-order valence-electron chi connectivity index (χ2n) is 14.8. The predicted octanol–water partition coefficient (Wildman–Crippen LogP) is 7.15. The van der Waals surface area contributed by atoms with Gasteiger partial charge in [-0.05, 0) is 119 Å². The van der Waals surface area contributed by atoms with Gasteiger partial charge in [0, 0.05) is 37.3 Å². The zero-order chi connectivity index (χ0) is 34.8. The van der Waals surface area contributed by atoms with Gasteiger partial charge in [0.15, 0.2) is 0 Å². The van der Waals surface area contributed by atoms with Crippen molar-refractivity contribution >= 4 is 38.6 Å². The minimum absolute atomic E-state index is 0.166. The molecule has 4 heterocycles. The average molecular weight is 722 g/mol. The summed E-state index contributed by atoms with van der Waals surface area (Å²) < 4.78 is 60.8. The molecule has 4 aromatic rings. The molecule has 1 aromatic heterocycles. The van der Waals surface area contributed by atoms with Crippen molar-refractivity contribution in [3.8, 4) is 0 Å². The molecule has 0 radical (unpaired) electrons. The van der Waals surface area contributed by atoms with Crippen molar-refractivity contribution in [2.24, 2.45) is 0 Å². The lowest BCUT2D eigenvalue weighted by Crippen LogP contribution is -2.49. The molecule has 3 saturated heterocycles. The van der Waals surface area contributed by atoms with Crippen molar-refractivity contribution in [2.45, 2.75) is 99.2 Å². The maximum absolute atomic E-state index is 15.2. The van der Waals surface area contributed by atoms with E-state index in [1.54, 1.807) is 17.0 Å². The normalized spacial score (nSPS) is 23.8. The number of hydrogen-bond donors (Lipinski definition) is 1. The highest BCUT2D eigenvalue weighted by Gasteiger charge is 2.44. The van der Waals surface area contributed by atoms with Crippen LogP contribution in [0.3, 0.4) is 0 Å². The first-order valence-electron chi connectivity index (χ1n) is 17.8. The third-order valence-corrected chi connectivity index (χ3v) is 13.7. The molecule has 2 unspecified atom stereocenters.